The molecular weight excluding hydrogens is 222 g/mol. The predicted octanol–water partition coefficient (Wildman–Crippen LogP) is 3.80. The number of alkyl halides is 1. The summed E-state index contributed by atoms with van der Waals surface area (Å²) in [6.45, 7) is 6.13. The molecule has 0 saturated carbocycles. The minimum atomic E-state index is 0.00811. The smallest absolute Gasteiger partial charge is 0.224 e. The van der Waals surface area contributed by atoms with E-state index in [1.807, 2.05) is 45.0 Å². The maximum Gasteiger partial charge on any atom is 0.224 e. The Hall–Kier alpha value is -1.02. The summed E-state index contributed by atoms with van der Waals surface area (Å²) in [6, 6.07) is 7.60. The van der Waals surface area contributed by atoms with E-state index in [4.69, 9.17) is 11.6 Å². The van der Waals surface area contributed by atoms with E-state index in [1.165, 1.54) is 0 Å². The van der Waals surface area contributed by atoms with Gasteiger partial charge in [0.1, 0.15) is 0 Å². The average Bonchev–Trinajstić information content (AvgIpc) is 2.15. The molecule has 88 valence electrons. The Bertz CT molecular complexity index is 368. The van der Waals surface area contributed by atoms with Crippen LogP contribution < -0.4 is 5.32 Å². The fourth-order valence-corrected chi connectivity index (χ4v) is 1.59. The van der Waals surface area contributed by atoms with Crippen molar-refractivity contribution in [3.05, 3.63) is 29.8 Å². The Kier molecular flexibility index (Phi) is 4.36. The molecule has 1 aromatic rings. The third-order valence-corrected chi connectivity index (χ3v) is 2.36. The highest BCUT2D eigenvalue weighted by molar-refractivity contribution is 6.17. The average molecular weight is 240 g/mol. The summed E-state index contributed by atoms with van der Waals surface area (Å²) < 4.78 is 0. The molecule has 1 aromatic carbocycles. The normalized spacial score (nSPS) is 11.2. The van der Waals surface area contributed by atoms with Crippen molar-refractivity contribution in [3.8, 4) is 0 Å². The van der Waals surface area contributed by atoms with Crippen molar-refractivity contribution in [2.24, 2.45) is 5.41 Å². The molecule has 1 N–H and O–H groups in total. The standard InChI is InChI=1S/C13H18ClNO/c1-13(2,3)8-12(16)15-11-6-4-5-10(7-11)9-14/h4-7H,8-9H2,1-3H3,(H,15,16). The number of carbonyl (C=O) groups is 1. The SMILES string of the molecule is CC(C)(C)CC(=O)Nc1cccc(CCl)c1. The summed E-state index contributed by atoms with van der Waals surface area (Å²) >= 11 is 5.73. The van der Waals surface area contributed by atoms with Crippen LogP contribution in [0.25, 0.3) is 0 Å². The Labute approximate surface area is 102 Å². The topological polar surface area (TPSA) is 29.1 Å². The highest BCUT2D eigenvalue weighted by Crippen LogP contribution is 2.20. The minimum absolute atomic E-state index is 0.00811. The van der Waals surface area contributed by atoms with E-state index >= 15 is 0 Å². The molecule has 0 aliphatic rings. The quantitative estimate of drug-likeness (QED) is 0.799. The highest BCUT2D eigenvalue weighted by atomic mass is 35.5. The highest BCUT2D eigenvalue weighted by Gasteiger charge is 2.15. The van der Waals surface area contributed by atoms with Crippen molar-refractivity contribution >= 4 is 23.2 Å². The lowest BCUT2D eigenvalue weighted by molar-refractivity contribution is -0.117. The van der Waals surface area contributed by atoms with Crippen LogP contribution in [0, 0.1) is 5.41 Å². The van der Waals surface area contributed by atoms with Gasteiger partial charge in [-0.25, -0.2) is 0 Å². The van der Waals surface area contributed by atoms with Crippen LogP contribution in [0.15, 0.2) is 24.3 Å². The number of anilines is 1. The van der Waals surface area contributed by atoms with Crippen LogP contribution in [0.1, 0.15) is 32.8 Å². The van der Waals surface area contributed by atoms with Crippen molar-refractivity contribution in [1.82, 2.24) is 0 Å². The fraction of sp³-hybridized carbons (Fsp3) is 0.462. The molecule has 0 aromatic heterocycles. The Balaban J connectivity index is 2.62. The number of nitrogens with one attached hydrogen (secondary N) is 1. The lowest BCUT2D eigenvalue weighted by atomic mass is 9.92. The number of amides is 1. The zero-order valence-electron chi connectivity index (χ0n) is 10.0. The molecular formula is C13H18ClNO. The predicted molar refractivity (Wildman–Crippen MR) is 68.7 cm³/mol. The van der Waals surface area contributed by atoms with Crippen molar-refractivity contribution in [2.75, 3.05) is 5.32 Å². The molecule has 0 fully saturated rings. The Morgan fingerprint density at radius 1 is 1.38 bits per heavy atom. The second-order valence-corrected chi connectivity index (χ2v) is 5.39. The third kappa shape index (κ3) is 4.67. The molecule has 16 heavy (non-hydrogen) atoms. The molecule has 0 radical (unpaired) electrons. The van der Waals surface area contributed by atoms with Gasteiger partial charge in [0.15, 0.2) is 0 Å². The number of rotatable bonds is 3. The molecule has 3 heteroatoms. The first-order valence-electron chi connectivity index (χ1n) is 5.35. The molecule has 1 amide bonds. The van der Waals surface area contributed by atoms with Gasteiger partial charge in [-0.05, 0) is 23.1 Å². The van der Waals surface area contributed by atoms with Crippen molar-refractivity contribution in [1.29, 1.82) is 0 Å². The zero-order chi connectivity index (χ0) is 12.2. The van der Waals surface area contributed by atoms with Gasteiger partial charge in [0.2, 0.25) is 5.91 Å². The summed E-state index contributed by atoms with van der Waals surface area (Å²) in [4.78, 5) is 11.7. The fourth-order valence-electron chi connectivity index (χ4n) is 1.42. The van der Waals surface area contributed by atoms with Gasteiger partial charge in [-0.15, -0.1) is 11.6 Å². The monoisotopic (exact) mass is 239 g/mol. The van der Waals surface area contributed by atoms with Gasteiger partial charge in [0.25, 0.3) is 0 Å². The second kappa shape index (κ2) is 5.35. The second-order valence-electron chi connectivity index (χ2n) is 5.12. The van der Waals surface area contributed by atoms with Gasteiger partial charge in [0.05, 0.1) is 0 Å². The van der Waals surface area contributed by atoms with E-state index in [1.54, 1.807) is 0 Å². The molecule has 0 aliphatic heterocycles. The molecule has 0 atom stereocenters. The summed E-state index contributed by atoms with van der Waals surface area (Å²) in [7, 11) is 0. The molecule has 0 spiro atoms. The number of carbonyl (C=O) groups excluding carboxylic acids is 1. The molecule has 0 bridgehead atoms. The van der Waals surface area contributed by atoms with Crippen LogP contribution in [-0.4, -0.2) is 5.91 Å². The number of benzene rings is 1. The number of hydrogen-bond donors (Lipinski definition) is 1. The van der Waals surface area contributed by atoms with Gasteiger partial charge in [-0.2, -0.15) is 0 Å². The molecule has 0 aliphatic carbocycles. The van der Waals surface area contributed by atoms with Crippen LogP contribution >= 0.6 is 11.6 Å². The molecule has 0 saturated heterocycles. The molecule has 0 unspecified atom stereocenters. The van der Waals surface area contributed by atoms with Crippen LogP contribution in [0.5, 0.6) is 0 Å². The van der Waals surface area contributed by atoms with Gasteiger partial charge in [0, 0.05) is 18.0 Å². The third-order valence-electron chi connectivity index (χ3n) is 2.06. The van der Waals surface area contributed by atoms with E-state index in [0.717, 1.165) is 11.3 Å². The maximum atomic E-state index is 11.7. The van der Waals surface area contributed by atoms with Crippen LogP contribution in [0.2, 0.25) is 0 Å². The Morgan fingerprint density at radius 2 is 2.06 bits per heavy atom. The number of hydrogen-bond acceptors (Lipinski definition) is 1. The first kappa shape index (κ1) is 13.0. The van der Waals surface area contributed by atoms with Gasteiger partial charge >= 0.3 is 0 Å². The zero-order valence-corrected chi connectivity index (χ0v) is 10.8. The minimum Gasteiger partial charge on any atom is -0.326 e. The van der Waals surface area contributed by atoms with Gasteiger partial charge < -0.3 is 5.32 Å². The largest absolute Gasteiger partial charge is 0.326 e. The van der Waals surface area contributed by atoms with E-state index in [9.17, 15) is 4.79 Å². The van der Waals surface area contributed by atoms with Crippen molar-refractivity contribution < 1.29 is 4.79 Å². The molecule has 0 heterocycles. The van der Waals surface area contributed by atoms with Crippen LogP contribution in [-0.2, 0) is 10.7 Å². The first-order valence-corrected chi connectivity index (χ1v) is 5.89. The van der Waals surface area contributed by atoms with Gasteiger partial charge in [-0.3, -0.25) is 4.79 Å². The molecule has 1 rings (SSSR count). The van der Waals surface area contributed by atoms with E-state index < -0.39 is 0 Å². The van der Waals surface area contributed by atoms with E-state index in [2.05, 4.69) is 5.32 Å². The van der Waals surface area contributed by atoms with Crippen LogP contribution in [0.4, 0.5) is 5.69 Å². The van der Waals surface area contributed by atoms with Crippen molar-refractivity contribution in [3.63, 3.8) is 0 Å². The van der Waals surface area contributed by atoms with Gasteiger partial charge in [-0.1, -0.05) is 32.9 Å². The van der Waals surface area contributed by atoms with E-state index in [0.29, 0.717) is 12.3 Å². The summed E-state index contributed by atoms with van der Waals surface area (Å²) in [5.41, 5.74) is 1.83. The molecule has 2 nitrogen and oxygen atoms in total. The summed E-state index contributed by atoms with van der Waals surface area (Å²) in [5.74, 6) is 0.502. The van der Waals surface area contributed by atoms with Crippen LogP contribution in [0.3, 0.4) is 0 Å². The number of halogens is 1. The maximum absolute atomic E-state index is 11.7. The first-order chi connectivity index (χ1) is 7.40. The lowest BCUT2D eigenvalue weighted by Crippen LogP contribution is -2.19. The van der Waals surface area contributed by atoms with Crippen molar-refractivity contribution in [2.45, 2.75) is 33.1 Å². The summed E-state index contributed by atoms with van der Waals surface area (Å²) in [5, 5.41) is 2.88. The van der Waals surface area contributed by atoms with E-state index in [-0.39, 0.29) is 11.3 Å². The summed E-state index contributed by atoms with van der Waals surface area (Å²) in [6.07, 6.45) is 0.512. The lowest BCUT2D eigenvalue weighted by Gasteiger charge is -2.17. The Morgan fingerprint density at radius 3 is 2.62 bits per heavy atom.